The van der Waals surface area contributed by atoms with Crippen LogP contribution in [0.15, 0.2) is 101 Å². The molecule has 0 aliphatic carbocycles. The first-order valence-corrected chi connectivity index (χ1v) is 12.9. The third kappa shape index (κ3) is 7.09. The minimum Gasteiger partial charge on any atom is -0.493 e. The van der Waals surface area contributed by atoms with Crippen molar-refractivity contribution < 1.29 is 23.9 Å². The lowest BCUT2D eigenvalue weighted by atomic mass is 10.1. The molecule has 0 atom stereocenters. The normalized spacial score (nSPS) is 11.2. The predicted molar refractivity (Wildman–Crippen MR) is 154 cm³/mol. The zero-order valence-electron chi connectivity index (χ0n) is 21.3. The number of hydrogen-bond donors (Lipinski definition) is 2. The molecule has 0 bridgehead atoms. The Morgan fingerprint density at radius 1 is 0.821 bits per heavy atom. The topological polar surface area (TPSA) is 93.7 Å². The first kappa shape index (κ1) is 27.1. The Morgan fingerprint density at radius 2 is 1.59 bits per heavy atom. The number of anilines is 1. The van der Waals surface area contributed by atoms with Crippen LogP contribution in [0, 0.1) is 0 Å². The summed E-state index contributed by atoms with van der Waals surface area (Å²) in [6, 6.07) is 22.4. The monoisotopic (exact) mass is 538 g/mol. The second kappa shape index (κ2) is 13.0. The molecule has 3 aromatic carbocycles. The van der Waals surface area contributed by atoms with Crippen molar-refractivity contribution in [2.24, 2.45) is 0 Å². The van der Waals surface area contributed by atoms with E-state index >= 15 is 0 Å². The predicted octanol–water partition coefficient (Wildman–Crippen LogP) is 6.07. The van der Waals surface area contributed by atoms with Crippen LogP contribution in [-0.2, 0) is 4.79 Å². The van der Waals surface area contributed by atoms with Gasteiger partial charge in [-0.05, 0) is 83.1 Å². The molecule has 0 saturated heterocycles. The van der Waals surface area contributed by atoms with Crippen LogP contribution in [0.25, 0.3) is 12.2 Å². The average molecular weight is 539 g/mol. The van der Waals surface area contributed by atoms with E-state index in [0.717, 1.165) is 5.56 Å². The van der Waals surface area contributed by atoms with Crippen molar-refractivity contribution >= 4 is 46.8 Å². The molecule has 4 aromatic rings. The van der Waals surface area contributed by atoms with Gasteiger partial charge in [0.2, 0.25) is 0 Å². The molecule has 0 saturated carbocycles. The van der Waals surface area contributed by atoms with E-state index in [4.69, 9.17) is 9.47 Å². The maximum Gasteiger partial charge on any atom is 0.272 e. The van der Waals surface area contributed by atoms with Crippen LogP contribution >= 0.6 is 11.3 Å². The zero-order chi connectivity index (χ0) is 27.6. The number of hydrogen-bond acceptors (Lipinski definition) is 6. The van der Waals surface area contributed by atoms with Crippen molar-refractivity contribution in [3.8, 4) is 11.5 Å². The summed E-state index contributed by atoms with van der Waals surface area (Å²) in [5.74, 6) is 0.000429. The molecular weight excluding hydrogens is 512 g/mol. The lowest BCUT2D eigenvalue weighted by Crippen LogP contribution is -2.30. The number of ketones is 1. The van der Waals surface area contributed by atoms with Gasteiger partial charge in [0.25, 0.3) is 11.8 Å². The molecule has 1 heterocycles. The van der Waals surface area contributed by atoms with Gasteiger partial charge in [-0.3, -0.25) is 14.4 Å². The minimum absolute atomic E-state index is 0.0950. The summed E-state index contributed by atoms with van der Waals surface area (Å²) < 4.78 is 10.7. The van der Waals surface area contributed by atoms with E-state index in [1.807, 2.05) is 35.0 Å². The Balaban J connectivity index is 1.46. The molecule has 196 valence electrons. The number of carbonyl (C=O) groups is 3. The zero-order valence-corrected chi connectivity index (χ0v) is 22.2. The summed E-state index contributed by atoms with van der Waals surface area (Å²) >= 11 is 1.48. The van der Waals surface area contributed by atoms with Crippen molar-refractivity contribution in [2.45, 2.75) is 0 Å². The molecule has 4 rings (SSSR count). The van der Waals surface area contributed by atoms with Crippen LogP contribution in [0.4, 0.5) is 5.69 Å². The van der Waals surface area contributed by atoms with E-state index in [9.17, 15) is 14.4 Å². The quantitative estimate of drug-likeness (QED) is 0.189. The second-order valence-electron chi connectivity index (χ2n) is 8.25. The van der Waals surface area contributed by atoms with Crippen LogP contribution in [0.1, 0.15) is 31.8 Å². The fraction of sp³-hybridized carbons (Fsp3) is 0.0645. The lowest BCUT2D eigenvalue weighted by Gasteiger charge is -2.11. The Labute approximate surface area is 230 Å². The van der Waals surface area contributed by atoms with E-state index in [2.05, 4.69) is 10.6 Å². The molecule has 0 spiro atoms. The van der Waals surface area contributed by atoms with Crippen molar-refractivity contribution in [1.29, 1.82) is 0 Å². The summed E-state index contributed by atoms with van der Waals surface area (Å²) in [5, 5.41) is 9.24. The summed E-state index contributed by atoms with van der Waals surface area (Å²) in [6.45, 7) is 0. The SMILES string of the molecule is COc1cccc(/C=C/C(=O)c2ccc(NC(=O)/C(=C/c3ccsc3)NC(=O)c3ccccc3)cc2)c1OC. The minimum atomic E-state index is -0.491. The number of benzene rings is 3. The number of rotatable bonds is 10. The first-order chi connectivity index (χ1) is 19.0. The van der Waals surface area contributed by atoms with Crippen LogP contribution < -0.4 is 20.1 Å². The maximum atomic E-state index is 13.1. The van der Waals surface area contributed by atoms with Crippen LogP contribution in [-0.4, -0.2) is 31.8 Å². The van der Waals surface area contributed by atoms with Crippen molar-refractivity contribution in [2.75, 3.05) is 19.5 Å². The molecule has 0 fully saturated rings. The Bertz CT molecular complexity index is 1510. The van der Waals surface area contributed by atoms with Gasteiger partial charge in [-0.1, -0.05) is 30.3 Å². The van der Waals surface area contributed by atoms with Gasteiger partial charge >= 0.3 is 0 Å². The number of nitrogens with one attached hydrogen (secondary N) is 2. The largest absolute Gasteiger partial charge is 0.493 e. The van der Waals surface area contributed by atoms with Crippen LogP contribution in [0.2, 0.25) is 0 Å². The molecule has 39 heavy (non-hydrogen) atoms. The molecule has 7 nitrogen and oxygen atoms in total. The summed E-state index contributed by atoms with van der Waals surface area (Å²) in [4.78, 5) is 38.6. The van der Waals surface area contributed by atoms with Gasteiger partial charge in [0.05, 0.1) is 14.2 Å². The first-order valence-electron chi connectivity index (χ1n) is 11.9. The Kier molecular flexibility index (Phi) is 9.05. The molecule has 2 N–H and O–H groups in total. The van der Waals surface area contributed by atoms with Crippen molar-refractivity contribution in [3.05, 3.63) is 124 Å². The third-order valence-electron chi connectivity index (χ3n) is 5.66. The molecular formula is C31H26N2O5S. The second-order valence-corrected chi connectivity index (χ2v) is 9.03. The third-order valence-corrected chi connectivity index (χ3v) is 6.36. The van der Waals surface area contributed by atoms with Gasteiger partial charge in [-0.25, -0.2) is 0 Å². The highest BCUT2D eigenvalue weighted by molar-refractivity contribution is 7.08. The van der Waals surface area contributed by atoms with Crippen LogP contribution in [0.5, 0.6) is 11.5 Å². The van der Waals surface area contributed by atoms with E-state index < -0.39 is 11.8 Å². The summed E-state index contributed by atoms with van der Waals surface area (Å²) in [6.07, 6.45) is 4.73. The summed E-state index contributed by atoms with van der Waals surface area (Å²) in [5.41, 5.74) is 2.94. The number of carbonyl (C=O) groups excluding carboxylic acids is 3. The van der Waals surface area contributed by atoms with Gasteiger partial charge in [0.1, 0.15) is 5.70 Å². The van der Waals surface area contributed by atoms with E-state index in [-0.39, 0.29) is 11.5 Å². The number of thiophene rings is 1. The highest BCUT2D eigenvalue weighted by Crippen LogP contribution is 2.31. The van der Waals surface area contributed by atoms with Crippen LogP contribution in [0.3, 0.4) is 0 Å². The van der Waals surface area contributed by atoms with Crippen molar-refractivity contribution in [1.82, 2.24) is 5.32 Å². The van der Waals surface area contributed by atoms with Gasteiger partial charge in [-0.15, -0.1) is 0 Å². The Hall–Kier alpha value is -4.95. The van der Waals surface area contributed by atoms with Gasteiger partial charge in [0.15, 0.2) is 17.3 Å². The molecule has 1 aromatic heterocycles. The van der Waals surface area contributed by atoms with E-state index in [0.29, 0.717) is 33.9 Å². The van der Waals surface area contributed by atoms with Crippen molar-refractivity contribution in [3.63, 3.8) is 0 Å². The smallest absolute Gasteiger partial charge is 0.272 e. The standard InChI is InChI=1S/C31H26N2O5S/c1-37-28-10-6-9-23(29(28)38-2)13-16-27(34)22-11-14-25(15-12-22)32-31(36)26(19-21-17-18-39-20-21)33-30(35)24-7-4-3-5-8-24/h3-20H,1-2H3,(H,32,36)(H,33,35)/b16-13+,26-19-. The average Bonchev–Trinajstić information content (AvgIpc) is 3.49. The fourth-order valence-corrected chi connectivity index (χ4v) is 4.31. The maximum absolute atomic E-state index is 13.1. The number of methoxy groups -OCH3 is 2. The molecule has 0 radical (unpaired) electrons. The Morgan fingerprint density at radius 3 is 2.26 bits per heavy atom. The van der Waals surface area contributed by atoms with E-state index in [1.54, 1.807) is 73.9 Å². The van der Waals surface area contributed by atoms with E-state index in [1.165, 1.54) is 24.5 Å². The van der Waals surface area contributed by atoms with Gasteiger partial charge < -0.3 is 20.1 Å². The lowest BCUT2D eigenvalue weighted by molar-refractivity contribution is -0.113. The number of ether oxygens (including phenoxy) is 2. The molecule has 2 amide bonds. The summed E-state index contributed by atoms with van der Waals surface area (Å²) in [7, 11) is 3.09. The fourth-order valence-electron chi connectivity index (χ4n) is 3.69. The number of amides is 2. The highest BCUT2D eigenvalue weighted by atomic mass is 32.1. The molecule has 8 heteroatoms. The molecule has 0 aliphatic rings. The van der Waals surface area contributed by atoms with Gasteiger partial charge in [0, 0.05) is 22.4 Å². The molecule has 0 aliphatic heterocycles. The van der Waals surface area contributed by atoms with Gasteiger partial charge in [-0.2, -0.15) is 11.3 Å². The number of para-hydroxylation sites is 1. The highest BCUT2D eigenvalue weighted by Gasteiger charge is 2.15. The molecule has 0 unspecified atom stereocenters. The number of allylic oxidation sites excluding steroid dienone is 1.